The van der Waals surface area contributed by atoms with Crippen molar-refractivity contribution in [3.05, 3.63) is 52.2 Å². The van der Waals surface area contributed by atoms with Gasteiger partial charge in [-0.25, -0.2) is 9.78 Å². The number of likely N-dealkylation sites (tertiary alicyclic amines) is 1. The highest BCUT2D eigenvalue weighted by Gasteiger charge is 2.26. The average molecular weight is 343 g/mol. The lowest BCUT2D eigenvalue weighted by Gasteiger charge is -2.32. The highest BCUT2D eigenvalue weighted by atomic mass is 16.5. The molecule has 1 atom stereocenters. The molecule has 7 nitrogen and oxygen atoms in total. The molecule has 25 heavy (non-hydrogen) atoms. The zero-order valence-electron chi connectivity index (χ0n) is 14.3. The predicted molar refractivity (Wildman–Crippen MR) is 92.3 cm³/mol. The fourth-order valence-corrected chi connectivity index (χ4v) is 3.15. The molecule has 0 aliphatic carbocycles. The minimum atomic E-state index is -0.363. The summed E-state index contributed by atoms with van der Waals surface area (Å²) in [6, 6.07) is 6.96. The van der Waals surface area contributed by atoms with Crippen LogP contribution in [0.25, 0.3) is 0 Å². The van der Waals surface area contributed by atoms with Crippen molar-refractivity contribution < 1.29 is 14.3 Å². The number of methoxy groups -OCH3 is 2. The van der Waals surface area contributed by atoms with Crippen LogP contribution in [0.1, 0.15) is 34.8 Å². The third-order valence-electron chi connectivity index (χ3n) is 4.44. The van der Waals surface area contributed by atoms with Crippen LogP contribution in [0, 0.1) is 0 Å². The standard InChI is InChI=1S/C18H21N3O4/c1-24-14-8-13(9-15(10-14)25-2)17(22)21-7-3-4-12(11-21)16-5-6-19-18(23)20-16/h5-6,8-10,12H,3-4,7,11H2,1-2H3,(H,19,20,23)/t12-/m1/s1. The molecule has 132 valence electrons. The Bertz CT molecular complexity index is 796. The fourth-order valence-electron chi connectivity index (χ4n) is 3.15. The molecule has 1 aromatic carbocycles. The van der Waals surface area contributed by atoms with Gasteiger partial charge in [-0.15, -0.1) is 0 Å². The Morgan fingerprint density at radius 2 is 1.96 bits per heavy atom. The van der Waals surface area contributed by atoms with Crippen LogP contribution >= 0.6 is 0 Å². The van der Waals surface area contributed by atoms with Crippen LogP contribution in [0.2, 0.25) is 0 Å². The summed E-state index contributed by atoms with van der Waals surface area (Å²) in [5, 5.41) is 0. The molecule has 2 aromatic rings. The van der Waals surface area contributed by atoms with Crippen molar-refractivity contribution in [2.24, 2.45) is 0 Å². The van der Waals surface area contributed by atoms with Gasteiger partial charge in [-0.2, -0.15) is 0 Å². The highest BCUT2D eigenvalue weighted by molar-refractivity contribution is 5.95. The number of hydrogen-bond donors (Lipinski definition) is 1. The average Bonchev–Trinajstić information content (AvgIpc) is 2.67. The van der Waals surface area contributed by atoms with E-state index in [1.807, 2.05) is 0 Å². The van der Waals surface area contributed by atoms with Gasteiger partial charge in [0.2, 0.25) is 0 Å². The Kier molecular flexibility index (Phi) is 5.02. The van der Waals surface area contributed by atoms with E-state index >= 15 is 0 Å². The maximum Gasteiger partial charge on any atom is 0.345 e. The third-order valence-corrected chi connectivity index (χ3v) is 4.44. The Balaban J connectivity index is 1.81. The quantitative estimate of drug-likeness (QED) is 0.915. The van der Waals surface area contributed by atoms with E-state index in [4.69, 9.17) is 9.47 Å². The van der Waals surface area contributed by atoms with E-state index in [0.29, 0.717) is 30.2 Å². The molecule has 1 aliphatic rings. The molecule has 3 rings (SSSR count). The number of rotatable bonds is 4. The molecule has 1 saturated heterocycles. The maximum absolute atomic E-state index is 12.9. The molecular weight excluding hydrogens is 322 g/mol. The van der Waals surface area contributed by atoms with Gasteiger partial charge in [0.1, 0.15) is 11.5 Å². The number of amides is 1. The number of H-pyrrole nitrogens is 1. The summed E-state index contributed by atoms with van der Waals surface area (Å²) >= 11 is 0. The number of ether oxygens (including phenoxy) is 2. The van der Waals surface area contributed by atoms with E-state index in [9.17, 15) is 9.59 Å². The van der Waals surface area contributed by atoms with Gasteiger partial charge in [-0.05, 0) is 31.0 Å². The van der Waals surface area contributed by atoms with E-state index in [1.54, 1.807) is 43.4 Å². The Morgan fingerprint density at radius 3 is 2.60 bits per heavy atom. The lowest BCUT2D eigenvalue weighted by atomic mass is 9.94. The maximum atomic E-state index is 12.9. The molecule has 0 saturated carbocycles. The second-order valence-electron chi connectivity index (χ2n) is 6.02. The van der Waals surface area contributed by atoms with Gasteiger partial charge in [0.25, 0.3) is 5.91 Å². The first kappa shape index (κ1) is 17.0. The van der Waals surface area contributed by atoms with Crippen molar-refractivity contribution in [1.82, 2.24) is 14.9 Å². The van der Waals surface area contributed by atoms with Gasteiger partial charge in [-0.3, -0.25) is 4.79 Å². The highest BCUT2D eigenvalue weighted by Crippen LogP contribution is 2.28. The minimum absolute atomic E-state index is 0.0710. The number of hydrogen-bond acceptors (Lipinski definition) is 5. The number of aromatic nitrogens is 2. The van der Waals surface area contributed by atoms with Crippen molar-refractivity contribution >= 4 is 5.91 Å². The predicted octanol–water partition coefficient (Wildman–Crippen LogP) is 1.81. The second kappa shape index (κ2) is 7.38. The molecule has 1 aromatic heterocycles. The molecule has 2 heterocycles. The first-order valence-corrected chi connectivity index (χ1v) is 8.18. The molecule has 1 N–H and O–H groups in total. The first-order valence-electron chi connectivity index (χ1n) is 8.18. The zero-order chi connectivity index (χ0) is 17.8. The molecule has 1 aliphatic heterocycles. The molecular formula is C18H21N3O4. The number of nitrogens with one attached hydrogen (secondary N) is 1. The van der Waals surface area contributed by atoms with Crippen LogP contribution in [0.3, 0.4) is 0 Å². The minimum Gasteiger partial charge on any atom is -0.497 e. The summed E-state index contributed by atoms with van der Waals surface area (Å²) in [6.07, 6.45) is 3.30. The molecule has 0 spiro atoms. The number of nitrogens with zero attached hydrogens (tertiary/aromatic N) is 2. The summed E-state index contributed by atoms with van der Waals surface area (Å²) in [4.78, 5) is 32.6. The smallest absolute Gasteiger partial charge is 0.345 e. The summed E-state index contributed by atoms with van der Waals surface area (Å²) in [7, 11) is 3.11. The topological polar surface area (TPSA) is 84.5 Å². The number of carbonyl (C=O) groups is 1. The largest absolute Gasteiger partial charge is 0.497 e. The molecule has 0 unspecified atom stereocenters. The van der Waals surface area contributed by atoms with Crippen LogP contribution in [0.15, 0.2) is 35.3 Å². The van der Waals surface area contributed by atoms with E-state index in [-0.39, 0.29) is 17.5 Å². The van der Waals surface area contributed by atoms with Crippen molar-refractivity contribution in [2.75, 3.05) is 27.3 Å². The third kappa shape index (κ3) is 3.81. The van der Waals surface area contributed by atoms with Crippen molar-refractivity contribution in [3.8, 4) is 11.5 Å². The van der Waals surface area contributed by atoms with Crippen LogP contribution in [-0.4, -0.2) is 48.1 Å². The number of benzene rings is 1. The van der Waals surface area contributed by atoms with Crippen LogP contribution in [0.5, 0.6) is 11.5 Å². The van der Waals surface area contributed by atoms with Crippen molar-refractivity contribution in [2.45, 2.75) is 18.8 Å². The molecule has 1 fully saturated rings. The number of piperidine rings is 1. The van der Waals surface area contributed by atoms with E-state index in [1.165, 1.54) is 6.20 Å². The molecule has 0 bridgehead atoms. The van der Waals surface area contributed by atoms with Gasteiger partial charge in [0, 0.05) is 42.5 Å². The lowest BCUT2D eigenvalue weighted by Crippen LogP contribution is -2.39. The molecule has 7 heteroatoms. The number of carbonyl (C=O) groups excluding carboxylic acids is 1. The summed E-state index contributed by atoms with van der Waals surface area (Å²) < 4.78 is 10.5. The van der Waals surface area contributed by atoms with Crippen LogP contribution < -0.4 is 15.2 Å². The van der Waals surface area contributed by atoms with Crippen LogP contribution in [-0.2, 0) is 0 Å². The van der Waals surface area contributed by atoms with Gasteiger partial charge in [0.05, 0.1) is 14.2 Å². The van der Waals surface area contributed by atoms with Gasteiger partial charge < -0.3 is 19.4 Å². The zero-order valence-corrected chi connectivity index (χ0v) is 14.3. The summed E-state index contributed by atoms with van der Waals surface area (Å²) in [5.41, 5.74) is 0.985. The normalized spacial score (nSPS) is 17.2. The molecule has 0 radical (unpaired) electrons. The summed E-state index contributed by atoms with van der Waals surface area (Å²) in [6.45, 7) is 1.24. The van der Waals surface area contributed by atoms with E-state index in [0.717, 1.165) is 18.5 Å². The van der Waals surface area contributed by atoms with E-state index < -0.39 is 0 Å². The Labute approximate surface area is 145 Å². The first-order chi connectivity index (χ1) is 12.1. The number of aromatic amines is 1. The lowest BCUT2D eigenvalue weighted by molar-refractivity contribution is 0.0705. The van der Waals surface area contributed by atoms with Crippen molar-refractivity contribution in [1.29, 1.82) is 0 Å². The van der Waals surface area contributed by atoms with Gasteiger partial charge in [0.15, 0.2) is 0 Å². The van der Waals surface area contributed by atoms with Gasteiger partial charge in [-0.1, -0.05) is 0 Å². The monoisotopic (exact) mass is 343 g/mol. The SMILES string of the molecule is COc1cc(OC)cc(C(=O)N2CCC[C@@H](c3ccnc(=O)[nH]3)C2)c1. The summed E-state index contributed by atoms with van der Waals surface area (Å²) in [5.74, 6) is 1.18. The second-order valence-corrected chi connectivity index (χ2v) is 6.02. The Hall–Kier alpha value is -2.83. The fraction of sp³-hybridized carbons (Fsp3) is 0.389. The van der Waals surface area contributed by atoms with E-state index in [2.05, 4.69) is 9.97 Å². The van der Waals surface area contributed by atoms with Crippen molar-refractivity contribution in [3.63, 3.8) is 0 Å². The van der Waals surface area contributed by atoms with Gasteiger partial charge >= 0.3 is 5.69 Å². The van der Waals surface area contributed by atoms with Crippen LogP contribution in [0.4, 0.5) is 0 Å². The molecule has 1 amide bonds. The Morgan fingerprint density at radius 1 is 1.24 bits per heavy atom.